The number of hydrogen-bond donors (Lipinski definition) is 0. The van der Waals surface area contributed by atoms with Crippen molar-refractivity contribution in [3.8, 4) is 12.3 Å². The lowest BCUT2D eigenvalue weighted by Gasteiger charge is -2.24. The second-order valence-electron chi connectivity index (χ2n) is 4.21. The molecule has 92 valence electrons. The molecule has 2 heteroatoms. The van der Waals surface area contributed by atoms with E-state index in [0.29, 0.717) is 6.54 Å². The Morgan fingerprint density at radius 1 is 1.31 bits per heavy atom. The van der Waals surface area contributed by atoms with E-state index in [-0.39, 0.29) is 11.8 Å². The molecule has 1 atom stereocenters. The first kappa shape index (κ1) is 15.0. The lowest BCUT2D eigenvalue weighted by Crippen LogP contribution is -2.37. The van der Waals surface area contributed by atoms with Crippen molar-refractivity contribution in [1.29, 1.82) is 0 Å². The van der Waals surface area contributed by atoms with Crippen LogP contribution in [-0.2, 0) is 4.79 Å². The summed E-state index contributed by atoms with van der Waals surface area (Å²) >= 11 is 0. The van der Waals surface area contributed by atoms with E-state index >= 15 is 0 Å². The third-order valence-electron chi connectivity index (χ3n) is 2.84. The molecule has 0 rings (SSSR count). The summed E-state index contributed by atoms with van der Waals surface area (Å²) < 4.78 is 0. The molecule has 0 heterocycles. The Bertz CT molecular complexity index is 229. The monoisotopic (exact) mass is 223 g/mol. The van der Waals surface area contributed by atoms with E-state index in [0.717, 1.165) is 38.6 Å². The van der Waals surface area contributed by atoms with Crippen LogP contribution in [0.1, 0.15) is 52.9 Å². The molecule has 0 fully saturated rings. The smallest absolute Gasteiger partial charge is 0.226 e. The number of terminal acetylenes is 1. The lowest BCUT2D eigenvalue weighted by molar-refractivity contribution is -0.135. The van der Waals surface area contributed by atoms with Crippen molar-refractivity contribution >= 4 is 5.91 Å². The minimum Gasteiger partial charge on any atom is -0.331 e. The van der Waals surface area contributed by atoms with Crippen molar-refractivity contribution in [2.75, 3.05) is 13.1 Å². The second-order valence-corrected chi connectivity index (χ2v) is 4.21. The Morgan fingerprint density at radius 2 is 2.00 bits per heavy atom. The van der Waals surface area contributed by atoms with Crippen LogP contribution in [0, 0.1) is 18.3 Å². The Kier molecular flexibility index (Phi) is 8.71. The van der Waals surface area contributed by atoms with Crippen LogP contribution in [0.4, 0.5) is 0 Å². The molecular formula is C14H25NO. The van der Waals surface area contributed by atoms with Crippen molar-refractivity contribution in [1.82, 2.24) is 4.90 Å². The third kappa shape index (κ3) is 5.21. The van der Waals surface area contributed by atoms with E-state index in [4.69, 9.17) is 6.42 Å². The number of unbranched alkanes of at least 4 members (excludes halogenated alkanes) is 1. The van der Waals surface area contributed by atoms with Crippen molar-refractivity contribution in [2.24, 2.45) is 5.92 Å². The molecular weight excluding hydrogens is 198 g/mol. The molecule has 2 nitrogen and oxygen atoms in total. The van der Waals surface area contributed by atoms with Gasteiger partial charge in [-0.3, -0.25) is 4.79 Å². The zero-order valence-corrected chi connectivity index (χ0v) is 11.0. The number of nitrogens with zero attached hydrogens (tertiary/aromatic N) is 1. The predicted molar refractivity (Wildman–Crippen MR) is 69.0 cm³/mol. The van der Waals surface area contributed by atoms with Crippen molar-refractivity contribution < 1.29 is 4.79 Å². The van der Waals surface area contributed by atoms with Crippen LogP contribution < -0.4 is 0 Å². The van der Waals surface area contributed by atoms with Gasteiger partial charge in [-0.1, -0.05) is 39.5 Å². The molecule has 0 N–H and O–H groups in total. The van der Waals surface area contributed by atoms with Crippen LogP contribution in [0.3, 0.4) is 0 Å². The van der Waals surface area contributed by atoms with Gasteiger partial charge in [0.15, 0.2) is 0 Å². The maximum atomic E-state index is 12.2. The summed E-state index contributed by atoms with van der Waals surface area (Å²) in [5.74, 6) is 2.99. The molecule has 0 saturated heterocycles. The quantitative estimate of drug-likeness (QED) is 0.579. The highest BCUT2D eigenvalue weighted by atomic mass is 16.2. The molecule has 0 bridgehead atoms. The first-order valence-electron chi connectivity index (χ1n) is 6.43. The minimum atomic E-state index is 0.167. The van der Waals surface area contributed by atoms with Gasteiger partial charge in [0.1, 0.15) is 0 Å². The fourth-order valence-electron chi connectivity index (χ4n) is 1.86. The molecule has 0 aromatic carbocycles. The molecule has 0 aromatic rings. The summed E-state index contributed by atoms with van der Waals surface area (Å²) in [6, 6.07) is 0. The fraction of sp³-hybridized carbons (Fsp3) is 0.786. The molecule has 1 amide bonds. The Balaban J connectivity index is 4.36. The van der Waals surface area contributed by atoms with E-state index in [1.807, 2.05) is 4.90 Å². The Labute approximate surface area is 100 Å². The number of hydrogen-bond acceptors (Lipinski definition) is 1. The van der Waals surface area contributed by atoms with Gasteiger partial charge in [-0.05, 0) is 19.3 Å². The average molecular weight is 223 g/mol. The number of carbonyl (C=O) groups is 1. The van der Waals surface area contributed by atoms with Gasteiger partial charge in [0, 0.05) is 12.5 Å². The predicted octanol–water partition coefficient (Wildman–Crippen LogP) is 3.07. The molecule has 1 unspecified atom stereocenters. The van der Waals surface area contributed by atoms with E-state index in [1.165, 1.54) is 0 Å². The van der Waals surface area contributed by atoms with Crippen molar-refractivity contribution in [2.45, 2.75) is 52.9 Å². The van der Waals surface area contributed by atoms with Gasteiger partial charge in [-0.2, -0.15) is 0 Å². The number of rotatable bonds is 8. The molecule has 0 spiro atoms. The minimum absolute atomic E-state index is 0.167. The number of carbonyl (C=O) groups excluding carboxylic acids is 1. The largest absolute Gasteiger partial charge is 0.331 e. The van der Waals surface area contributed by atoms with E-state index in [9.17, 15) is 4.79 Å². The second kappa shape index (κ2) is 9.27. The summed E-state index contributed by atoms with van der Waals surface area (Å²) in [5.41, 5.74) is 0. The highest BCUT2D eigenvalue weighted by molar-refractivity contribution is 5.79. The van der Waals surface area contributed by atoms with Crippen LogP contribution >= 0.6 is 0 Å². The molecule has 0 radical (unpaired) electrons. The molecule has 0 aliphatic heterocycles. The summed E-state index contributed by atoms with van der Waals surface area (Å²) in [5, 5.41) is 0. The number of amides is 1. The van der Waals surface area contributed by atoms with Crippen LogP contribution in [0.5, 0.6) is 0 Å². The summed E-state index contributed by atoms with van der Waals surface area (Å²) in [6.45, 7) is 7.55. The van der Waals surface area contributed by atoms with Crippen LogP contribution in [0.25, 0.3) is 0 Å². The van der Waals surface area contributed by atoms with E-state index in [1.54, 1.807) is 0 Å². The summed E-state index contributed by atoms with van der Waals surface area (Å²) in [6.07, 6.45) is 10.5. The summed E-state index contributed by atoms with van der Waals surface area (Å²) in [4.78, 5) is 14.0. The molecule has 16 heavy (non-hydrogen) atoms. The van der Waals surface area contributed by atoms with Gasteiger partial charge in [0.25, 0.3) is 0 Å². The van der Waals surface area contributed by atoms with Crippen LogP contribution in [0.2, 0.25) is 0 Å². The topological polar surface area (TPSA) is 20.3 Å². The lowest BCUT2D eigenvalue weighted by atomic mass is 9.97. The highest BCUT2D eigenvalue weighted by Crippen LogP contribution is 2.16. The standard InChI is InChI=1S/C14H25NO/c1-5-9-10-13(8-4)14(16)15(11-6-2)12-7-3/h2,13H,5,7-12H2,1,3-4H3. The highest BCUT2D eigenvalue weighted by Gasteiger charge is 2.20. The zero-order chi connectivity index (χ0) is 12.4. The summed E-state index contributed by atoms with van der Waals surface area (Å²) in [7, 11) is 0. The van der Waals surface area contributed by atoms with Crippen molar-refractivity contribution in [3.63, 3.8) is 0 Å². The van der Waals surface area contributed by atoms with Gasteiger partial charge >= 0.3 is 0 Å². The maximum Gasteiger partial charge on any atom is 0.226 e. The third-order valence-corrected chi connectivity index (χ3v) is 2.84. The van der Waals surface area contributed by atoms with Gasteiger partial charge in [-0.15, -0.1) is 6.42 Å². The van der Waals surface area contributed by atoms with Gasteiger partial charge < -0.3 is 4.90 Å². The van der Waals surface area contributed by atoms with Gasteiger partial charge in [-0.25, -0.2) is 0 Å². The molecule has 0 aromatic heterocycles. The molecule has 0 aliphatic carbocycles. The average Bonchev–Trinajstić information content (AvgIpc) is 2.29. The van der Waals surface area contributed by atoms with E-state index in [2.05, 4.69) is 26.7 Å². The van der Waals surface area contributed by atoms with E-state index < -0.39 is 0 Å². The SMILES string of the molecule is C#CCN(CCC)C(=O)C(CC)CCCC. The van der Waals surface area contributed by atoms with Crippen molar-refractivity contribution in [3.05, 3.63) is 0 Å². The van der Waals surface area contributed by atoms with Gasteiger partial charge in [0.05, 0.1) is 6.54 Å². The first-order valence-corrected chi connectivity index (χ1v) is 6.43. The Hall–Kier alpha value is -0.970. The Morgan fingerprint density at radius 3 is 2.44 bits per heavy atom. The van der Waals surface area contributed by atoms with Gasteiger partial charge in [0.2, 0.25) is 5.91 Å². The maximum absolute atomic E-state index is 12.2. The molecule has 0 saturated carbocycles. The van der Waals surface area contributed by atoms with Crippen LogP contribution in [0.15, 0.2) is 0 Å². The normalized spacial score (nSPS) is 11.9. The van der Waals surface area contributed by atoms with Crippen LogP contribution in [-0.4, -0.2) is 23.9 Å². The first-order chi connectivity index (χ1) is 7.71. The molecule has 0 aliphatic rings. The zero-order valence-electron chi connectivity index (χ0n) is 11.0. The fourth-order valence-corrected chi connectivity index (χ4v) is 1.86.